The average molecular weight is 262 g/mol. The molecular weight excluding hydrogens is 244 g/mol. The molecule has 0 unspecified atom stereocenters. The molecule has 0 amide bonds. The van der Waals surface area contributed by atoms with Crippen molar-refractivity contribution in [2.75, 3.05) is 19.6 Å². The third kappa shape index (κ3) is 2.54. The second kappa shape index (κ2) is 4.79. The van der Waals surface area contributed by atoms with Gasteiger partial charge in [-0.25, -0.2) is 0 Å². The maximum Gasteiger partial charge on any atom is 0.293 e. The molecule has 2 aromatic rings. The van der Waals surface area contributed by atoms with Crippen LogP contribution in [0.3, 0.4) is 0 Å². The smallest absolute Gasteiger partial charge is 0.293 e. The van der Waals surface area contributed by atoms with Crippen molar-refractivity contribution in [3.8, 4) is 11.7 Å². The molecule has 0 aliphatic carbocycles. The van der Waals surface area contributed by atoms with Crippen molar-refractivity contribution in [2.45, 2.75) is 25.9 Å². The van der Waals surface area contributed by atoms with Gasteiger partial charge in [0, 0.05) is 25.2 Å². The lowest BCUT2D eigenvalue weighted by Crippen LogP contribution is -2.57. The fraction of sp³-hybridized carbons (Fsp3) is 0.538. The van der Waals surface area contributed by atoms with E-state index in [4.69, 9.17) is 8.94 Å². The number of rotatable bonds is 3. The molecule has 0 saturated carbocycles. The van der Waals surface area contributed by atoms with Crippen molar-refractivity contribution in [3.05, 3.63) is 24.2 Å². The van der Waals surface area contributed by atoms with E-state index >= 15 is 0 Å². The number of aromatic nitrogens is 2. The number of hydrogen-bond acceptors (Lipinski definition) is 6. The van der Waals surface area contributed by atoms with E-state index in [9.17, 15) is 0 Å². The molecule has 3 heterocycles. The summed E-state index contributed by atoms with van der Waals surface area (Å²) in [5.41, 5.74) is 0.101. The molecule has 6 nitrogen and oxygen atoms in total. The Morgan fingerprint density at radius 3 is 3.11 bits per heavy atom. The zero-order valence-electron chi connectivity index (χ0n) is 11.2. The first-order chi connectivity index (χ1) is 9.15. The van der Waals surface area contributed by atoms with Crippen LogP contribution < -0.4 is 5.32 Å². The Kier molecular flexibility index (Phi) is 3.12. The van der Waals surface area contributed by atoms with Crippen LogP contribution in [0, 0.1) is 0 Å². The largest absolute Gasteiger partial charge is 0.459 e. The van der Waals surface area contributed by atoms with E-state index in [1.165, 1.54) is 0 Å². The van der Waals surface area contributed by atoms with E-state index in [-0.39, 0.29) is 5.54 Å². The lowest BCUT2D eigenvalue weighted by Gasteiger charge is -2.42. The van der Waals surface area contributed by atoms with E-state index in [1.54, 1.807) is 12.3 Å². The summed E-state index contributed by atoms with van der Waals surface area (Å²) in [5, 5.41) is 7.42. The van der Waals surface area contributed by atoms with Gasteiger partial charge in [-0.2, -0.15) is 4.98 Å². The summed E-state index contributed by atoms with van der Waals surface area (Å²) in [6.45, 7) is 8.07. The highest BCUT2D eigenvalue weighted by Gasteiger charge is 2.30. The summed E-state index contributed by atoms with van der Waals surface area (Å²) < 4.78 is 10.5. The molecule has 102 valence electrons. The predicted octanol–water partition coefficient (Wildman–Crippen LogP) is 1.51. The van der Waals surface area contributed by atoms with Crippen LogP contribution in [0.15, 0.2) is 27.3 Å². The lowest BCUT2D eigenvalue weighted by molar-refractivity contribution is 0.0791. The second-order valence-corrected chi connectivity index (χ2v) is 5.40. The molecule has 0 atom stereocenters. The molecule has 3 rings (SSSR count). The zero-order chi connectivity index (χ0) is 13.3. The van der Waals surface area contributed by atoms with Crippen molar-refractivity contribution >= 4 is 0 Å². The summed E-state index contributed by atoms with van der Waals surface area (Å²) in [4.78, 5) is 6.74. The van der Waals surface area contributed by atoms with Gasteiger partial charge in [0.05, 0.1) is 12.8 Å². The topological polar surface area (TPSA) is 67.3 Å². The van der Waals surface area contributed by atoms with Crippen molar-refractivity contribution in [3.63, 3.8) is 0 Å². The van der Waals surface area contributed by atoms with Gasteiger partial charge in [-0.3, -0.25) is 4.90 Å². The van der Waals surface area contributed by atoms with Gasteiger partial charge in [0.25, 0.3) is 5.89 Å². The first-order valence-corrected chi connectivity index (χ1v) is 6.47. The van der Waals surface area contributed by atoms with Gasteiger partial charge in [-0.1, -0.05) is 5.16 Å². The van der Waals surface area contributed by atoms with E-state index in [0.29, 0.717) is 24.0 Å². The van der Waals surface area contributed by atoms with Crippen LogP contribution in [-0.2, 0) is 6.54 Å². The highest BCUT2D eigenvalue weighted by Crippen LogP contribution is 2.21. The molecule has 0 radical (unpaired) electrons. The monoisotopic (exact) mass is 262 g/mol. The number of nitrogens with zero attached hydrogens (tertiary/aromatic N) is 3. The molecule has 0 aromatic carbocycles. The molecule has 1 aliphatic heterocycles. The van der Waals surface area contributed by atoms with Crippen LogP contribution >= 0.6 is 0 Å². The highest BCUT2D eigenvalue weighted by atomic mass is 16.5. The molecule has 1 N–H and O–H groups in total. The number of piperazine rings is 1. The van der Waals surface area contributed by atoms with E-state index in [2.05, 4.69) is 34.2 Å². The number of furan rings is 1. The van der Waals surface area contributed by atoms with Gasteiger partial charge >= 0.3 is 0 Å². The molecular formula is C13H18N4O2. The van der Waals surface area contributed by atoms with Crippen LogP contribution in [-0.4, -0.2) is 40.2 Å². The van der Waals surface area contributed by atoms with Crippen LogP contribution in [0.4, 0.5) is 0 Å². The molecule has 0 bridgehead atoms. The molecule has 1 saturated heterocycles. The Bertz CT molecular complexity index is 533. The first kappa shape index (κ1) is 12.4. The fourth-order valence-corrected chi connectivity index (χ4v) is 2.31. The number of hydrogen-bond donors (Lipinski definition) is 1. The van der Waals surface area contributed by atoms with Gasteiger partial charge < -0.3 is 14.3 Å². The lowest BCUT2D eigenvalue weighted by atomic mass is 10.0. The molecule has 0 spiro atoms. The molecule has 1 fully saturated rings. The molecule has 1 aliphatic rings. The Balaban J connectivity index is 1.73. The van der Waals surface area contributed by atoms with Crippen LogP contribution in [0.5, 0.6) is 0 Å². The summed E-state index contributed by atoms with van der Waals surface area (Å²) in [7, 11) is 0. The zero-order valence-corrected chi connectivity index (χ0v) is 11.2. The van der Waals surface area contributed by atoms with Crippen molar-refractivity contribution in [1.29, 1.82) is 0 Å². The van der Waals surface area contributed by atoms with E-state index < -0.39 is 0 Å². The summed E-state index contributed by atoms with van der Waals surface area (Å²) >= 11 is 0. The Morgan fingerprint density at radius 1 is 1.47 bits per heavy atom. The normalized spacial score (nSPS) is 19.7. The standard InChI is InChI=1S/C13H18N4O2/c1-13(2)9-14-5-6-17(13)8-11-15-12(19-16-11)10-4-3-7-18-10/h3-4,7,14H,5-6,8-9H2,1-2H3. The number of nitrogens with one attached hydrogen (secondary N) is 1. The Labute approximate surface area is 111 Å². The van der Waals surface area contributed by atoms with E-state index in [1.807, 2.05) is 6.07 Å². The maximum absolute atomic E-state index is 5.24. The predicted molar refractivity (Wildman–Crippen MR) is 69.4 cm³/mol. The van der Waals surface area contributed by atoms with Crippen molar-refractivity contribution in [1.82, 2.24) is 20.4 Å². The molecule has 6 heteroatoms. The summed E-state index contributed by atoms with van der Waals surface area (Å²) in [6, 6.07) is 3.62. The van der Waals surface area contributed by atoms with Crippen LogP contribution in [0.1, 0.15) is 19.7 Å². The van der Waals surface area contributed by atoms with Crippen molar-refractivity contribution < 1.29 is 8.94 Å². The minimum Gasteiger partial charge on any atom is -0.459 e. The SMILES string of the molecule is CC1(C)CNCCN1Cc1noc(-c2ccco2)n1. The van der Waals surface area contributed by atoms with Crippen LogP contribution in [0.2, 0.25) is 0 Å². The second-order valence-electron chi connectivity index (χ2n) is 5.40. The van der Waals surface area contributed by atoms with Gasteiger partial charge in [0.15, 0.2) is 11.6 Å². The van der Waals surface area contributed by atoms with Gasteiger partial charge in [-0.15, -0.1) is 0 Å². The maximum atomic E-state index is 5.24. The third-order valence-electron chi connectivity index (χ3n) is 3.50. The van der Waals surface area contributed by atoms with Crippen molar-refractivity contribution in [2.24, 2.45) is 0 Å². The summed E-state index contributed by atoms with van der Waals surface area (Å²) in [5.74, 6) is 1.74. The van der Waals surface area contributed by atoms with Gasteiger partial charge in [0.2, 0.25) is 0 Å². The third-order valence-corrected chi connectivity index (χ3v) is 3.50. The molecule has 19 heavy (non-hydrogen) atoms. The minimum absolute atomic E-state index is 0.101. The van der Waals surface area contributed by atoms with E-state index in [0.717, 1.165) is 19.6 Å². The summed E-state index contributed by atoms with van der Waals surface area (Å²) in [6.07, 6.45) is 1.60. The quantitative estimate of drug-likeness (QED) is 0.904. The first-order valence-electron chi connectivity index (χ1n) is 6.47. The molecule has 2 aromatic heterocycles. The Morgan fingerprint density at radius 2 is 2.37 bits per heavy atom. The average Bonchev–Trinajstić information content (AvgIpc) is 3.02. The fourth-order valence-electron chi connectivity index (χ4n) is 2.31. The van der Waals surface area contributed by atoms with Gasteiger partial charge in [0.1, 0.15) is 0 Å². The Hall–Kier alpha value is -1.66. The highest BCUT2D eigenvalue weighted by molar-refractivity contribution is 5.42. The minimum atomic E-state index is 0.101. The van der Waals surface area contributed by atoms with Crippen LogP contribution in [0.25, 0.3) is 11.7 Å². The van der Waals surface area contributed by atoms with Gasteiger partial charge in [-0.05, 0) is 26.0 Å².